The van der Waals surface area contributed by atoms with E-state index in [-0.39, 0.29) is 17.6 Å². The largest absolute Gasteiger partial charge is 0.383 e. The summed E-state index contributed by atoms with van der Waals surface area (Å²) in [6.07, 6.45) is 4.27. The Balaban J connectivity index is 1.77. The number of anilines is 1. The summed E-state index contributed by atoms with van der Waals surface area (Å²) >= 11 is 0. The van der Waals surface area contributed by atoms with Crippen LogP contribution in [0.5, 0.6) is 0 Å². The van der Waals surface area contributed by atoms with E-state index in [2.05, 4.69) is 20.2 Å². The molecule has 3 aromatic rings. The van der Waals surface area contributed by atoms with Crippen molar-refractivity contribution >= 4 is 28.1 Å². The Kier molecular flexibility index (Phi) is 6.20. The molecule has 1 amide bonds. The van der Waals surface area contributed by atoms with Gasteiger partial charge in [-0.3, -0.25) is 9.69 Å². The lowest BCUT2D eigenvalue weighted by atomic mass is 9.96. The molecule has 0 unspecified atom stereocenters. The zero-order valence-corrected chi connectivity index (χ0v) is 17.2. The first kappa shape index (κ1) is 20.9. The quantitative estimate of drug-likeness (QED) is 0.544. The molecule has 0 saturated carbocycles. The third kappa shape index (κ3) is 4.70. The van der Waals surface area contributed by atoms with Gasteiger partial charge in [0.1, 0.15) is 17.8 Å². The number of primary amides is 1. The average molecular weight is 421 g/mol. The van der Waals surface area contributed by atoms with Gasteiger partial charge in [-0.15, -0.1) is 0 Å². The van der Waals surface area contributed by atoms with Crippen molar-refractivity contribution in [3.63, 3.8) is 0 Å². The van der Waals surface area contributed by atoms with Gasteiger partial charge < -0.3 is 15.8 Å². The number of methoxy groups -OCH3 is 1. The summed E-state index contributed by atoms with van der Waals surface area (Å²) < 4.78 is 18.7. The fourth-order valence-corrected chi connectivity index (χ4v) is 3.74. The van der Waals surface area contributed by atoms with Crippen molar-refractivity contribution < 1.29 is 13.9 Å². The molecular formula is C23H24FN5O2. The molecular weight excluding hydrogens is 397 g/mol. The number of halogens is 1. The van der Waals surface area contributed by atoms with Gasteiger partial charge in [-0.25, -0.2) is 14.4 Å². The number of benzene rings is 2. The lowest BCUT2D eigenvalue weighted by Gasteiger charge is -2.41. The van der Waals surface area contributed by atoms with Gasteiger partial charge in [0.2, 0.25) is 0 Å². The molecule has 1 aromatic heterocycles. The molecule has 31 heavy (non-hydrogen) atoms. The van der Waals surface area contributed by atoms with Crippen molar-refractivity contribution in [2.75, 3.05) is 32.1 Å². The maximum absolute atomic E-state index is 13.3. The van der Waals surface area contributed by atoms with E-state index in [9.17, 15) is 9.18 Å². The van der Waals surface area contributed by atoms with E-state index in [0.717, 1.165) is 35.0 Å². The van der Waals surface area contributed by atoms with Gasteiger partial charge in [0.25, 0.3) is 5.91 Å². The molecule has 0 radical (unpaired) electrons. The standard InChI is InChI=1S/C23H24FN5O2/c1-31-13-19-8-9-29(19)12-20(15-2-7-21-16(10-15)11-26-14-27-21)22(23(25)30)28-18-5-3-17(24)4-6-18/h2-7,10-11,14,19,28H,8-9,12-13H2,1H3,(H2,25,30)/b22-20+/t19-/m0/s1. The number of ether oxygens (including phenoxy) is 1. The van der Waals surface area contributed by atoms with Crippen LogP contribution in [0.4, 0.5) is 10.1 Å². The molecule has 0 aliphatic carbocycles. The number of aromatic nitrogens is 2. The molecule has 7 nitrogen and oxygen atoms in total. The monoisotopic (exact) mass is 421 g/mol. The van der Waals surface area contributed by atoms with E-state index < -0.39 is 5.91 Å². The molecule has 1 atom stereocenters. The second-order valence-corrected chi connectivity index (χ2v) is 7.51. The van der Waals surface area contributed by atoms with Gasteiger partial charge in [-0.05, 0) is 48.4 Å². The zero-order valence-electron chi connectivity index (χ0n) is 17.2. The summed E-state index contributed by atoms with van der Waals surface area (Å²) in [5.41, 5.74) is 9.05. The number of hydrogen-bond acceptors (Lipinski definition) is 6. The number of nitrogens with zero attached hydrogens (tertiary/aromatic N) is 3. The average Bonchev–Trinajstić information content (AvgIpc) is 2.77. The Morgan fingerprint density at radius 2 is 2.10 bits per heavy atom. The molecule has 0 bridgehead atoms. The van der Waals surface area contributed by atoms with E-state index in [1.54, 1.807) is 25.4 Å². The van der Waals surface area contributed by atoms with Crippen LogP contribution in [-0.4, -0.2) is 53.6 Å². The Bertz CT molecular complexity index is 1120. The fourth-order valence-electron chi connectivity index (χ4n) is 3.74. The molecule has 3 N–H and O–H groups in total. The van der Waals surface area contributed by atoms with E-state index in [1.807, 2.05) is 18.2 Å². The highest BCUT2D eigenvalue weighted by Crippen LogP contribution is 2.28. The van der Waals surface area contributed by atoms with Crippen LogP contribution < -0.4 is 11.1 Å². The van der Waals surface area contributed by atoms with Crippen molar-refractivity contribution in [1.29, 1.82) is 0 Å². The van der Waals surface area contributed by atoms with Gasteiger partial charge in [-0.2, -0.15) is 0 Å². The third-order valence-corrected chi connectivity index (χ3v) is 5.50. The zero-order chi connectivity index (χ0) is 21.8. The predicted octanol–water partition coefficient (Wildman–Crippen LogP) is 2.80. The van der Waals surface area contributed by atoms with Crippen LogP contribution in [0.15, 0.2) is 60.7 Å². The van der Waals surface area contributed by atoms with Gasteiger partial charge in [-0.1, -0.05) is 6.07 Å². The summed E-state index contributed by atoms with van der Waals surface area (Å²) in [5, 5.41) is 3.96. The number of likely N-dealkylation sites (tertiary alicyclic amines) is 1. The number of nitrogens with two attached hydrogens (primary N) is 1. The van der Waals surface area contributed by atoms with Crippen molar-refractivity contribution in [3.05, 3.63) is 72.1 Å². The topological polar surface area (TPSA) is 93.4 Å². The van der Waals surface area contributed by atoms with E-state index in [0.29, 0.717) is 18.8 Å². The van der Waals surface area contributed by atoms with E-state index in [1.165, 1.54) is 18.5 Å². The smallest absolute Gasteiger partial charge is 0.265 e. The van der Waals surface area contributed by atoms with Crippen LogP contribution in [0.25, 0.3) is 16.5 Å². The van der Waals surface area contributed by atoms with Crippen LogP contribution in [0, 0.1) is 5.82 Å². The normalized spacial score (nSPS) is 17.2. The minimum atomic E-state index is -0.590. The number of rotatable bonds is 8. The van der Waals surface area contributed by atoms with Crippen LogP contribution in [0.3, 0.4) is 0 Å². The SMILES string of the molecule is COC[C@@H]1CCN1C/C(=C(\Nc1ccc(F)cc1)C(N)=O)c1ccc2ncncc2c1. The maximum Gasteiger partial charge on any atom is 0.265 e. The Morgan fingerprint density at radius 3 is 2.77 bits per heavy atom. The van der Waals surface area contributed by atoms with Crippen LogP contribution in [0.1, 0.15) is 12.0 Å². The lowest BCUT2D eigenvalue weighted by Crippen LogP contribution is -2.50. The summed E-state index contributed by atoms with van der Waals surface area (Å²) in [5.74, 6) is -0.944. The molecule has 4 rings (SSSR count). The first-order chi connectivity index (χ1) is 15.0. The molecule has 160 valence electrons. The Morgan fingerprint density at radius 1 is 1.29 bits per heavy atom. The summed E-state index contributed by atoms with van der Waals surface area (Å²) in [6, 6.07) is 11.9. The minimum absolute atomic E-state index is 0.269. The molecule has 1 fully saturated rings. The number of fused-ring (bicyclic) bond motifs is 1. The molecule has 2 aromatic carbocycles. The first-order valence-corrected chi connectivity index (χ1v) is 10.0. The molecule has 8 heteroatoms. The molecule has 1 saturated heterocycles. The second kappa shape index (κ2) is 9.20. The molecule has 0 spiro atoms. The van der Waals surface area contributed by atoms with Gasteiger partial charge in [0.15, 0.2) is 0 Å². The fraction of sp³-hybridized carbons (Fsp3) is 0.261. The highest BCUT2D eigenvalue weighted by Gasteiger charge is 2.30. The first-order valence-electron chi connectivity index (χ1n) is 10.0. The second-order valence-electron chi connectivity index (χ2n) is 7.51. The third-order valence-electron chi connectivity index (χ3n) is 5.50. The van der Waals surface area contributed by atoms with Crippen LogP contribution in [-0.2, 0) is 9.53 Å². The summed E-state index contributed by atoms with van der Waals surface area (Å²) in [4.78, 5) is 23.1. The van der Waals surface area contributed by atoms with E-state index >= 15 is 0 Å². The molecule has 1 aliphatic heterocycles. The van der Waals surface area contributed by atoms with Gasteiger partial charge in [0.05, 0.1) is 12.1 Å². The van der Waals surface area contributed by atoms with E-state index in [4.69, 9.17) is 10.5 Å². The lowest BCUT2D eigenvalue weighted by molar-refractivity contribution is -0.114. The van der Waals surface area contributed by atoms with Crippen molar-refractivity contribution in [2.45, 2.75) is 12.5 Å². The maximum atomic E-state index is 13.3. The molecule has 1 aliphatic rings. The van der Waals surface area contributed by atoms with Crippen molar-refractivity contribution in [3.8, 4) is 0 Å². The van der Waals surface area contributed by atoms with Gasteiger partial charge >= 0.3 is 0 Å². The predicted molar refractivity (Wildman–Crippen MR) is 118 cm³/mol. The Hall–Kier alpha value is -3.36. The highest BCUT2D eigenvalue weighted by atomic mass is 19.1. The number of amides is 1. The number of carbonyl (C=O) groups is 1. The summed E-state index contributed by atoms with van der Waals surface area (Å²) in [6.45, 7) is 2.03. The number of carbonyl (C=O) groups excluding carboxylic acids is 1. The van der Waals surface area contributed by atoms with Crippen molar-refractivity contribution in [1.82, 2.24) is 14.9 Å². The molecule has 2 heterocycles. The van der Waals surface area contributed by atoms with Gasteiger partial charge in [0, 0.05) is 49.1 Å². The Labute approximate surface area is 179 Å². The van der Waals surface area contributed by atoms with Crippen LogP contribution in [0.2, 0.25) is 0 Å². The van der Waals surface area contributed by atoms with Crippen LogP contribution >= 0.6 is 0 Å². The summed E-state index contributed by atoms with van der Waals surface area (Å²) in [7, 11) is 1.68. The number of hydrogen-bond donors (Lipinski definition) is 2. The minimum Gasteiger partial charge on any atom is -0.383 e. The number of nitrogens with one attached hydrogen (secondary N) is 1. The highest BCUT2D eigenvalue weighted by molar-refractivity contribution is 6.03. The van der Waals surface area contributed by atoms with Crippen molar-refractivity contribution in [2.24, 2.45) is 5.73 Å².